The zero-order valence-electron chi connectivity index (χ0n) is 13.5. The van der Waals surface area contributed by atoms with Crippen LogP contribution in [0, 0.1) is 11.3 Å². The highest BCUT2D eigenvalue weighted by atomic mass is 16.5. The first-order valence-corrected chi connectivity index (χ1v) is 7.51. The zero-order chi connectivity index (χ0) is 16.7. The normalized spacial score (nSPS) is 13.0. The Balaban J connectivity index is 2.11. The maximum absolute atomic E-state index is 10.4. The van der Waals surface area contributed by atoms with Crippen LogP contribution in [0.1, 0.15) is 24.5 Å². The van der Waals surface area contributed by atoms with Gasteiger partial charge in [-0.3, -0.25) is 0 Å². The first-order chi connectivity index (χ1) is 11.1. The summed E-state index contributed by atoms with van der Waals surface area (Å²) in [5.74, 6) is 1.17. The topological polar surface area (TPSA) is 62.5 Å². The van der Waals surface area contributed by atoms with Gasteiger partial charge in [0, 0.05) is 6.42 Å². The molecule has 0 fully saturated rings. The van der Waals surface area contributed by atoms with E-state index in [2.05, 4.69) is 12.1 Å². The lowest BCUT2D eigenvalue weighted by molar-refractivity contribution is 0.0620. The molecule has 0 aliphatic carbocycles. The lowest BCUT2D eigenvalue weighted by atomic mass is 9.93. The van der Waals surface area contributed by atoms with Crippen LogP contribution in [0.4, 0.5) is 0 Å². The third-order valence-electron chi connectivity index (χ3n) is 3.70. The van der Waals surface area contributed by atoms with Crippen LogP contribution in [0.5, 0.6) is 11.5 Å². The molecule has 120 valence electrons. The smallest absolute Gasteiger partial charge is 0.161 e. The van der Waals surface area contributed by atoms with E-state index in [0.29, 0.717) is 23.7 Å². The van der Waals surface area contributed by atoms with Crippen LogP contribution >= 0.6 is 0 Å². The summed E-state index contributed by atoms with van der Waals surface area (Å²) in [6.45, 7) is 2.12. The molecular weight excluding hydrogens is 290 g/mol. The van der Waals surface area contributed by atoms with Gasteiger partial charge in [0.1, 0.15) is 0 Å². The quantitative estimate of drug-likeness (QED) is 0.851. The molecule has 0 amide bonds. The van der Waals surface area contributed by atoms with Crippen molar-refractivity contribution in [2.45, 2.75) is 25.4 Å². The number of ether oxygens (including phenoxy) is 2. The predicted molar refractivity (Wildman–Crippen MR) is 88.4 cm³/mol. The van der Waals surface area contributed by atoms with Gasteiger partial charge in [0.15, 0.2) is 11.5 Å². The fourth-order valence-corrected chi connectivity index (χ4v) is 2.30. The van der Waals surface area contributed by atoms with Gasteiger partial charge in [0.05, 0.1) is 31.8 Å². The van der Waals surface area contributed by atoms with Gasteiger partial charge in [0.25, 0.3) is 0 Å². The molecule has 0 heterocycles. The van der Waals surface area contributed by atoms with Crippen LogP contribution in [0.2, 0.25) is 0 Å². The molecule has 0 aliphatic heterocycles. The Kier molecular flexibility index (Phi) is 5.61. The van der Waals surface area contributed by atoms with Crippen molar-refractivity contribution in [2.24, 2.45) is 0 Å². The van der Waals surface area contributed by atoms with Crippen LogP contribution in [0.15, 0.2) is 48.5 Å². The number of aliphatic hydroxyl groups is 1. The highest BCUT2D eigenvalue weighted by Gasteiger charge is 2.24. The molecule has 0 radical (unpaired) electrons. The number of hydrogen-bond acceptors (Lipinski definition) is 4. The van der Waals surface area contributed by atoms with Gasteiger partial charge in [-0.2, -0.15) is 5.26 Å². The monoisotopic (exact) mass is 311 g/mol. The first-order valence-electron chi connectivity index (χ1n) is 7.51. The Morgan fingerprint density at radius 2 is 1.87 bits per heavy atom. The van der Waals surface area contributed by atoms with E-state index >= 15 is 0 Å². The molecule has 1 atom stereocenters. The SMILES string of the molecule is COc1ccc(C(C)(O)CC#N)cc1OCCc1ccccc1. The Hall–Kier alpha value is -2.51. The molecule has 0 spiro atoms. The molecule has 1 unspecified atom stereocenters. The van der Waals surface area contributed by atoms with Crippen LogP contribution in [-0.2, 0) is 12.0 Å². The van der Waals surface area contributed by atoms with Crippen LogP contribution < -0.4 is 9.47 Å². The second-order valence-electron chi connectivity index (χ2n) is 5.56. The summed E-state index contributed by atoms with van der Waals surface area (Å²) in [6, 6.07) is 17.3. The summed E-state index contributed by atoms with van der Waals surface area (Å²) < 4.78 is 11.1. The Bertz CT molecular complexity index is 675. The first kappa shape index (κ1) is 16.9. The highest BCUT2D eigenvalue weighted by Crippen LogP contribution is 2.33. The maximum atomic E-state index is 10.4. The molecule has 0 aliphatic rings. The fraction of sp³-hybridized carbons (Fsp3) is 0.316. The molecule has 23 heavy (non-hydrogen) atoms. The third-order valence-corrected chi connectivity index (χ3v) is 3.70. The van der Waals surface area contributed by atoms with E-state index in [9.17, 15) is 5.11 Å². The van der Waals surface area contributed by atoms with E-state index in [-0.39, 0.29) is 6.42 Å². The van der Waals surface area contributed by atoms with Crippen molar-refractivity contribution in [1.82, 2.24) is 0 Å². The second kappa shape index (κ2) is 7.66. The summed E-state index contributed by atoms with van der Waals surface area (Å²) in [7, 11) is 1.58. The van der Waals surface area contributed by atoms with Gasteiger partial charge < -0.3 is 14.6 Å². The average molecular weight is 311 g/mol. The van der Waals surface area contributed by atoms with Crippen LogP contribution in [0.3, 0.4) is 0 Å². The lowest BCUT2D eigenvalue weighted by Gasteiger charge is -2.22. The molecule has 4 heteroatoms. The Morgan fingerprint density at radius 3 is 2.52 bits per heavy atom. The molecule has 0 aromatic heterocycles. The molecule has 0 saturated heterocycles. The summed E-state index contributed by atoms with van der Waals surface area (Å²) in [5, 5.41) is 19.2. The average Bonchev–Trinajstić information content (AvgIpc) is 2.55. The van der Waals surface area contributed by atoms with Crippen molar-refractivity contribution >= 4 is 0 Å². The number of hydrogen-bond donors (Lipinski definition) is 1. The Morgan fingerprint density at radius 1 is 1.13 bits per heavy atom. The molecule has 2 aromatic carbocycles. The summed E-state index contributed by atoms with van der Waals surface area (Å²) in [4.78, 5) is 0. The van der Waals surface area contributed by atoms with E-state index in [1.54, 1.807) is 32.2 Å². The van der Waals surface area contributed by atoms with E-state index in [1.165, 1.54) is 5.56 Å². The molecule has 4 nitrogen and oxygen atoms in total. The fourth-order valence-electron chi connectivity index (χ4n) is 2.30. The van der Waals surface area contributed by atoms with Crippen molar-refractivity contribution in [3.8, 4) is 17.6 Å². The van der Waals surface area contributed by atoms with Gasteiger partial charge in [-0.25, -0.2) is 0 Å². The molecule has 1 N–H and O–H groups in total. The molecule has 0 saturated carbocycles. The van der Waals surface area contributed by atoms with Gasteiger partial charge in [-0.15, -0.1) is 0 Å². The minimum atomic E-state index is -1.21. The standard InChI is InChI=1S/C19H21NO3/c1-19(21,11-12-20)16-8-9-17(22-2)18(14-16)23-13-10-15-6-4-3-5-7-15/h3-9,14,21H,10-11,13H2,1-2H3. The van der Waals surface area contributed by atoms with Crippen molar-refractivity contribution in [3.63, 3.8) is 0 Å². The van der Waals surface area contributed by atoms with Gasteiger partial charge in [0.2, 0.25) is 0 Å². The molecule has 0 bridgehead atoms. The number of benzene rings is 2. The van der Waals surface area contributed by atoms with Crippen molar-refractivity contribution in [2.75, 3.05) is 13.7 Å². The summed E-state index contributed by atoms with van der Waals surface area (Å²) in [5.41, 5.74) is 0.618. The number of rotatable bonds is 7. The minimum absolute atomic E-state index is 0.0167. The van der Waals surface area contributed by atoms with E-state index in [0.717, 1.165) is 6.42 Å². The number of methoxy groups -OCH3 is 1. The van der Waals surface area contributed by atoms with Crippen molar-refractivity contribution in [3.05, 3.63) is 59.7 Å². The number of nitriles is 1. The largest absolute Gasteiger partial charge is 0.493 e. The van der Waals surface area contributed by atoms with Crippen LogP contribution in [0.25, 0.3) is 0 Å². The molecule has 2 rings (SSSR count). The predicted octanol–water partition coefficient (Wildman–Crippen LogP) is 3.44. The van der Waals surface area contributed by atoms with Crippen molar-refractivity contribution in [1.29, 1.82) is 5.26 Å². The second-order valence-corrected chi connectivity index (χ2v) is 5.56. The highest BCUT2D eigenvalue weighted by molar-refractivity contribution is 5.44. The summed E-state index contributed by atoms with van der Waals surface area (Å²) in [6.07, 6.45) is 0.797. The Labute approximate surface area is 136 Å². The maximum Gasteiger partial charge on any atom is 0.161 e. The van der Waals surface area contributed by atoms with Crippen molar-refractivity contribution < 1.29 is 14.6 Å². The molecular formula is C19H21NO3. The molecule has 2 aromatic rings. The third kappa shape index (κ3) is 4.48. The van der Waals surface area contributed by atoms with Gasteiger partial charge in [-0.05, 0) is 30.2 Å². The summed E-state index contributed by atoms with van der Waals surface area (Å²) >= 11 is 0. The van der Waals surface area contributed by atoms with Gasteiger partial charge in [-0.1, -0.05) is 36.4 Å². The van der Waals surface area contributed by atoms with E-state index in [4.69, 9.17) is 14.7 Å². The minimum Gasteiger partial charge on any atom is -0.493 e. The van der Waals surface area contributed by atoms with E-state index in [1.807, 2.05) is 24.3 Å². The zero-order valence-corrected chi connectivity index (χ0v) is 13.5. The van der Waals surface area contributed by atoms with Gasteiger partial charge >= 0.3 is 0 Å². The number of nitrogens with zero attached hydrogens (tertiary/aromatic N) is 1. The lowest BCUT2D eigenvalue weighted by Crippen LogP contribution is -2.20. The van der Waals surface area contributed by atoms with Crippen LogP contribution in [-0.4, -0.2) is 18.8 Å². The van der Waals surface area contributed by atoms with E-state index < -0.39 is 5.60 Å².